The first-order valence-corrected chi connectivity index (χ1v) is 7.44. The lowest BCUT2D eigenvalue weighted by molar-refractivity contribution is -0.155. The normalized spacial score (nSPS) is 11.7. The van der Waals surface area contributed by atoms with E-state index in [-0.39, 0.29) is 18.9 Å². The van der Waals surface area contributed by atoms with Crippen molar-refractivity contribution in [2.24, 2.45) is 17.0 Å². The molecular formula is C14H16BrN3O4. The Morgan fingerprint density at radius 3 is 2.32 bits per heavy atom. The number of aryl methyl sites for hydroxylation is 1. The summed E-state index contributed by atoms with van der Waals surface area (Å²) >= 11 is 3.34. The van der Waals surface area contributed by atoms with Crippen LogP contribution < -0.4 is 0 Å². The molecule has 1 aromatic rings. The van der Waals surface area contributed by atoms with Crippen LogP contribution >= 0.6 is 15.9 Å². The molecule has 1 aromatic carbocycles. The van der Waals surface area contributed by atoms with Gasteiger partial charge in [0, 0.05) is 15.9 Å². The molecule has 2 N–H and O–H groups in total. The van der Waals surface area contributed by atoms with Crippen LogP contribution in [0.5, 0.6) is 0 Å². The molecule has 1 rings (SSSR count). The van der Waals surface area contributed by atoms with E-state index in [2.05, 4.69) is 26.0 Å². The van der Waals surface area contributed by atoms with Gasteiger partial charge in [-0.05, 0) is 48.4 Å². The lowest BCUT2D eigenvalue weighted by Crippen LogP contribution is -2.27. The molecule has 8 heteroatoms. The quantitative estimate of drug-likeness (QED) is 0.299. The van der Waals surface area contributed by atoms with Gasteiger partial charge in [-0.1, -0.05) is 33.2 Å². The molecule has 0 heterocycles. The summed E-state index contributed by atoms with van der Waals surface area (Å²) in [5, 5.41) is 21.3. The van der Waals surface area contributed by atoms with Gasteiger partial charge in [-0.2, -0.15) is 0 Å². The standard InChI is InChI=1S/C14H16BrN3O4/c15-11-5-3-9(4-6-11)1-2-10(8-17-18-16)7-12(13(19)20)14(21)22/h3-6,10,12H,1-2,7-8H2,(H,19,20)(H,21,22). The van der Waals surface area contributed by atoms with Crippen molar-refractivity contribution in [2.75, 3.05) is 6.54 Å². The van der Waals surface area contributed by atoms with Gasteiger partial charge in [-0.15, -0.1) is 0 Å². The molecule has 0 saturated heterocycles. The van der Waals surface area contributed by atoms with Gasteiger partial charge in [0.1, 0.15) is 0 Å². The van der Waals surface area contributed by atoms with E-state index in [4.69, 9.17) is 15.7 Å². The number of nitrogens with zero attached hydrogens (tertiary/aromatic N) is 3. The summed E-state index contributed by atoms with van der Waals surface area (Å²) in [6, 6.07) is 7.66. The zero-order valence-electron chi connectivity index (χ0n) is 11.7. The average Bonchev–Trinajstić information content (AvgIpc) is 2.47. The van der Waals surface area contributed by atoms with Crippen LogP contribution in [0.25, 0.3) is 10.4 Å². The number of carbonyl (C=O) groups is 2. The molecule has 118 valence electrons. The summed E-state index contributed by atoms with van der Waals surface area (Å²) in [5.74, 6) is -4.52. The Morgan fingerprint density at radius 1 is 1.23 bits per heavy atom. The van der Waals surface area contributed by atoms with Crippen LogP contribution in [-0.4, -0.2) is 28.7 Å². The monoisotopic (exact) mass is 369 g/mol. The summed E-state index contributed by atoms with van der Waals surface area (Å²) in [6.07, 6.45) is 1.16. The maximum absolute atomic E-state index is 11.0. The molecule has 0 amide bonds. The van der Waals surface area contributed by atoms with Crippen LogP contribution in [0.15, 0.2) is 33.9 Å². The SMILES string of the molecule is [N-]=[N+]=NCC(CCc1ccc(Br)cc1)CC(C(=O)O)C(=O)O. The van der Waals surface area contributed by atoms with Gasteiger partial charge in [0.25, 0.3) is 0 Å². The Kier molecular flexibility index (Phi) is 7.42. The molecular weight excluding hydrogens is 354 g/mol. The third-order valence-electron chi connectivity index (χ3n) is 3.32. The van der Waals surface area contributed by atoms with Gasteiger partial charge in [0.15, 0.2) is 5.92 Å². The zero-order valence-corrected chi connectivity index (χ0v) is 13.3. The van der Waals surface area contributed by atoms with E-state index in [0.717, 1.165) is 10.0 Å². The van der Waals surface area contributed by atoms with Crippen molar-refractivity contribution in [3.63, 3.8) is 0 Å². The number of carboxylic acids is 2. The molecule has 0 spiro atoms. The van der Waals surface area contributed by atoms with Crippen LogP contribution in [0, 0.1) is 11.8 Å². The Morgan fingerprint density at radius 2 is 1.82 bits per heavy atom. The molecule has 1 atom stereocenters. The number of aliphatic carboxylic acids is 2. The third kappa shape index (κ3) is 6.15. The smallest absolute Gasteiger partial charge is 0.317 e. The fourth-order valence-corrected chi connectivity index (χ4v) is 2.36. The van der Waals surface area contributed by atoms with Crippen molar-refractivity contribution in [3.05, 3.63) is 44.7 Å². The number of azide groups is 1. The molecule has 0 aromatic heterocycles. The fourth-order valence-electron chi connectivity index (χ4n) is 2.10. The molecule has 0 aliphatic carbocycles. The first-order chi connectivity index (χ1) is 10.4. The van der Waals surface area contributed by atoms with E-state index >= 15 is 0 Å². The highest BCUT2D eigenvalue weighted by Gasteiger charge is 2.28. The van der Waals surface area contributed by atoms with E-state index in [9.17, 15) is 9.59 Å². The van der Waals surface area contributed by atoms with E-state index in [1.54, 1.807) is 0 Å². The molecule has 22 heavy (non-hydrogen) atoms. The van der Waals surface area contributed by atoms with Crippen LogP contribution in [0.1, 0.15) is 18.4 Å². The summed E-state index contributed by atoms with van der Waals surface area (Å²) in [7, 11) is 0. The van der Waals surface area contributed by atoms with Crippen LogP contribution in [0.4, 0.5) is 0 Å². The molecule has 0 radical (unpaired) electrons. The van der Waals surface area contributed by atoms with Crippen molar-refractivity contribution in [1.82, 2.24) is 0 Å². The predicted octanol–water partition coefficient (Wildman–Crippen LogP) is 3.48. The van der Waals surface area contributed by atoms with Crippen molar-refractivity contribution in [1.29, 1.82) is 0 Å². The maximum atomic E-state index is 11.0. The number of carboxylic acid groups (broad SMARTS) is 2. The Labute approximate surface area is 135 Å². The number of rotatable bonds is 9. The number of halogens is 1. The minimum atomic E-state index is -1.48. The number of hydrogen-bond donors (Lipinski definition) is 2. The van der Waals surface area contributed by atoms with Crippen LogP contribution in [0.3, 0.4) is 0 Å². The van der Waals surface area contributed by atoms with Gasteiger partial charge >= 0.3 is 11.9 Å². The second-order valence-corrected chi connectivity index (χ2v) is 5.83. The Bertz CT molecular complexity index is 556. The minimum absolute atomic E-state index is 0.0553. The number of hydrogen-bond acceptors (Lipinski definition) is 3. The molecule has 0 bridgehead atoms. The molecule has 0 aliphatic rings. The van der Waals surface area contributed by atoms with E-state index in [0.29, 0.717) is 12.8 Å². The first-order valence-electron chi connectivity index (χ1n) is 6.65. The average molecular weight is 370 g/mol. The van der Waals surface area contributed by atoms with Crippen molar-refractivity contribution in [3.8, 4) is 0 Å². The Hall–Kier alpha value is -2.05. The molecule has 7 nitrogen and oxygen atoms in total. The topological polar surface area (TPSA) is 123 Å². The molecule has 0 fully saturated rings. The van der Waals surface area contributed by atoms with Crippen LogP contribution in [-0.2, 0) is 16.0 Å². The highest BCUT2D eigenvalue weighted by atomic mass is 79.9. The summed E-state index contributed by atoms with van der Waals surface area (Å²) in [6.45, 7) is 0.0874. The summed E-state index contributed by atoms with van der Waals surface area (Å²) < 4.78 is 0.957. The second-order valence-electron chi connectivity index (χ2n) is 4.91. The minimum Gasteiger partial charge on any atom is -0.481 e. The summed E-state index contributed by atoms with van der Waals surface area (Å²) in [4.78, 5) is 24.6. The third-order valence-corrected chi connectivity index (χ3v) is 3.85. The van der Waals surface area contributed by atoms with Gasteiger partial charge < -0.3 is 10.2 Å². The van der Waals surface area contributed by atoms with Crippen LogP contribution in [0.2, 0.25) is 0 Å². The predicted molar refractivity (Wildman–Crippen MR) is 83.3 cm³/mol. The van der Waals surface area contributed by atoms with Crippen molar-refractivity contribution in [2.45, 2.75) is 19.3 Å². The zero-order chi connectivity index (χ0) is 16.5. The van der Waals surface area contributed by atoms with Gasteiger partial charge in [-0.25, -0.2) is 0 Å². The van der Waals surface area contributed by atoms with E-state index in [1.807, 2.05) is 24.3 Å². The number of benzene rings is 1. The van der Waals surface area contributed by atoms with Crippen molar-refractivity contribution < 1.29 is 19.8 Å². The van der Waals surface area contributed by atoms with E-state index < -0.39 is 17.9 Å². The highest BCUT2D eigenvalue weighted by Crippen LogP contribution is 2.21. The lowest BCUT2D eigenvalue weighted by atomic mass is 9.89. The van der Waals surface area contributed by atoms with Crippen molar-refractivity contribution >= 4 is 27.9 Å². The molecule has 0 aliphatic heterocycles. The van der Waals surface area contributed by atoms with Gasteiger partial charge in [-0.3, -0.25) is 9.59 Å². The van der Waals surface area contributed by atoms with Gasteiger partial charge in [0.05, 0.1) is 0 Å². The largest absolute Gasteiger partial charge is 0.481 e. The highest BCUT2D eigenvalue weighted by molar-refractivity contribution is 9.10. The second kappa shape index (κ2) is 9.07. The van der Waals surface area contributed by atoms with Gasteiger partial charge in [0.2, 0.25) is 0 Å². The first kappa shape index (κ1) is 18.0. The van der Waals surface area contributed by atoms with E-state index in [1.165, 1.54) is 0 Å². The summed E-state index contributed by atoms with van der Waals surface area (Å²) in [5.41, 5.74) is 9.46. The fraction of sp³-hybridized carbons (Fsp3) is 0.429. The molecule has 1 unspecified atom stereocenters. The Balaban J connectivity index is 2.70. The molecule has 0 saturated carbocycles. The maximum Gasteiger partial charge on any atom is 0.317 e. The lowest BCUT2D eigenvalue weighted by Gasteiger charge is -2.17.